The first-order chi connectivity index (χ1) is 11.6. The van der Waals surface area contributed by atoms with Crippen molar-refractivity contribution >= 4 is 5.97 Å². The van der Waals surface area contributed by atoms with Gasteiger partial charge in [-0.1, -0.05) is 6.92 Å². The molecule has 1 saturated heterocycles. The number of ether oxygens (including phenoxy) is 2. The van der Waals surface area contributed by atoms with Gasteiger partial charge in [-0.05, 0) is 63.5 Å². The summed E-state index contributed by atoms with van der Waals surface area (Å²) in [6.07, 6.45) is 4.34. The number of hydrogen-bond acceptors (Lipinski definition) is 5. The van der Waals surface area contributed by atoms with E-state index in [1.807, 2.05) is 27.0 Å². The smallest absolute Gasteiger partial charge is 0.341 e. The SMILES string of the molecule is Cc1coc2c1C[C@@H]1[C@](C)(CC[C@@H](OC(=O)[C@@]3(C)O[C@@H]3C)[C@@]1(C)O)C2. The molecule has 25 heavy (non-hydrogen) atoms. The third-order valence-electron chi connectivity index (χ3n) is 7.13. The summed E-state index contributed by atoms with van der Waals surface area (Å²) >= 11 is 0. The Hall–Kier alpha value is -1.33. The normalized spacial score (nSPS) is 45.4. The van der Waals surface area contributed by atoms with E-state index in [9.17, 15) is 9.90 Å². The highest BCUT2D eigenvalue weighted by molar-refractivity contribution is 5.83. The number of rotatable bonds is 2. The van der Waals surface area contributed by atoms with Crippen molar-refractivity contribution in [2.45, 2.75) is 83.7 Å². The van der Waals surface area contributed by atoms with Gasteiger partial charge >= 0.3 is 5.97 Å². The Morgan fingerprint density at radius 3 is 2.68 bits per heavy atom. The molecule has 3 aliphatic rings. The molecule has 5 nitrogen and oxygen atoms in total. The minimum atomic E-state index is -1.07. The molecule has 0 aromatic carbocycles. The van der Waals surface area contributed by atoms with Gasteiger partial charge in [-0.25, -0.2) is 4.79 Å². The number of fused-ring (bicyclic) bond motifs is 2. The molecule has 1 aromatic heterocycles. The summed E-state index contributed by atoms with van der Waals surface area (Å²) in [5.74, 6) is 0.723. The third kappa shape index (κ3) is 2.39. The van der Waals surface area contributed by atoms with Gasteiger partial charge in [0, 0.05) is 12.3 Å². The third-order valence-corrected chi connectivity index (χ3v) is 7.13. The van der Waals surface area contributed by atoms with Crippen molar-refractivity contribution in [3.63, 3.8) is 0 Å². The fraction of sp³-hybridized carbons (Fsp3) is 0.750. The van der Waals surface area contributed by atoms with Crippen LogP contribution in [0.1, 0.15) is 57.4 Å². The van der Waals surface area contributed by atoms with E-state index in [-0.39, 0.29) is 23.4 Å². The molecule has 0 bridgehead atoms. The van der Waals surface area contributed by atoms with E-state index in [1.165, 1.54) is 5.56 Å². The first-order valence-electron chi connectivity index (χ1n) is 9.25. The summed E-state index contributed by atoms with van der Waals surface area (Å²) in [5.41, 5.74) is 0.383. The average molecular weight is 348 g/mol. The monoisotopic (exact) mass is 348 g/mol. The lowest BCUT2D eigenvalue weighted by molar-refractivity contribution is -0.201. The van der Waals surface area contributed by atoms with Crippen LogP contribution in [-0.2, 0) is 27.1 Å². The van der Waals surface area contributed by atoms with Gasteiger partial charge in [0.25, 0.3) is 0 Å². The standard InChI is InChI=1S/C20H28O5/c1-11-10-23-14-9-18(3)7-6-16(19(4,22)15(18)8-13(11)14)24-17(21)20(5)12(2)25-20/h10,12,15-16,22H,6-9H2,1-5H3/t12-,15-,16-,18-,19+,20+/m1/s1. The molecular formula is C20H28O5. The van der Waals surface area contributed by atoms with Crippen molar-refractivity contribution in [2.24, 2.45) is 11.3 Å². The second kappa shape index (κ2) is 5.10. The van der Waals surface area contributed by atoms with E-state index < -0.39 is 17.3 Å². The maximum Gasteiger partial charge on any atom is 0.341 e. The van der Waals surface area contributed by atoms with E-state index >= 15 is 0 Å². The summed E-state index contributed by atoms with van der Waals surface area (Å²) in [7, 11) is 0. The van der Waals surface area contributed by atoms with Gasteiger partial charge < -0.3 is 19.0 Å². The van der Waals surface area contributed by atoms with Crippen LogP contribution >= 0.6 is 0 Å². The Kier molecular flexibility index (Phi) is 3.49. The largest absolute Gasteiger partial charge is 0.469 e. The molecule has 6 atom stereocenters. The van der Waals surface area contributed by atoms with Crippen molar-refractivity contribution in [1.29, 1.82) is 0 Å². The van der Waals surface area contributed by atoms with Crippen LogP contribution in [0.3, 0.4) is 0 Å². The molecule has 2 aliphatic carbocycles. The van der Waals surface area contributed by atoms with Crippen molar-refractivity contribution in [3.05, 3.63) is 23.2 Å². The van der Waals surface area contributed by atoms with Crippen LogP contribution in [-0.4, -0.2) is 34.5 Å². The van der Waals surface area contributed by atoms with E-state index in [1.54, 1.807) is 6.92 Å². The van der Waals surface area contributed by atoms with Gasteiger partial charge in [0.15, 0.2) is 5.60 Å². The maximum atomic E-state index is 12.5. The number of aryl methyl sites for hydroxylation is 1. The number of furan rings is 1. The molecule has 0 unspecified atom stereocenters. The Bertz CT molecular complexity index is 720. The minimum Gasteiger partial charge on any atom is -0.469 e. The fourth-order valence-electron chi connectivity index (χ4n) is 5.01. The molecule has 0 radical (unpaired) electrons. The van der Waals surface area contributed by atoms with Crippen LogP contribution in [0.15, 0.2) is 10.7 Å². The topological polar surface area (TPSA) is 72.2 Å². The molecule has 2 heterocycles. The summed E-state index contributed by atoms with van der Waals surface area (Å²) in [6.45, 7) is 9.71. The molecular weight excluding hydrogens is 320 g/mol. The maximum absolute atomic E-state index is 12.5. The quantitative estimate of drug-likeness (QED) is 0.657. The molecule has 4 rings (SSSR count). The molecule has 1 aromatic rings. The number of aliphatic hydroxyl groups is 1. The van der Waals surface area contributed by atoms with Crippen molar-refractivity contribution in [3.8, 4) is 0 Å². The summed E-state index contributed by atoms with van der Waals surface area (Å²) < 4.78 is 16.9. The zero-order chi connectivity index (χ0) is 18.2. The van der Waals surface area contributed by atoms with Crippen molar-refractivity contribution < 1.29 is 23.8 Å². The predicted octanol–water partition coefficient (Wildman–Crippen LogP) is 2.94. The van der Waals surface area contributed by atoms with Crippen LogP contribution in [0.25, 0.3) is 0 Å². The summed E-state index contributed by atoms with van der Waals surface area (Å²) in [5, 5.41) is 11.4. The highest BCUT2D eigenvalue weighted by Crippen LogP contribution is 2.54. The lowest BCUT2D eigenvalue weighted by atomic mass is 9.54. The highest BCUT2D eigenvalue weighted by atomic mass is 16.7. The molecule has 0 amide bonds. The van der Waals surface area contributed by atoms with Crippen LogP contribution in [0.5, 0.6) is 0 Å². The number of epoxide rings is 1. The van der Waals surface area contributed by atoms with Gasteiger partial charge in [0.05, 0.1) is 12.4 Å². The molecule has 1 N–H and O–H groups in total. The molecule has 0 spiro atoms. The molecule has 5 heteroatoms. The van der Waals surface area contributed by atoms with Crippen LogP contribution in [0, 0.1) is 18.3 Å². The Morgan fingerprint density at radius 2 is 2.04 bits per heavy atom. The second-order valence-corrected chi connectivity index (χ2v) is 8.93. The van der Waals surface area contributed by atoms with E-state index in [0.29, 0.717) is 6.42 Å². The summed E-state index contributed by atoms with van der Waals surface area (Å²) in [4.78, 5) is 12.5. The first kappa shape index (κ1) is 17.1. The minimum absolute atomic E-state index is 0.0284. The zero-order valence-electron chi connectivity index (χ0n) is 15.7. The number of hydrogen-bond donors (Lipinski definition) is 1. The Labute approximate surface area is 148 Å². The van der Waals surface area contributed by atoms with Gasteiger partial charge in [-0.2, -0.15) is 0 Å². The Balaban J connectivity index is 1.59. The lowest BCUT2D eigenvalue weighted by Crippen LogP contribution is -2.60. The van der Waals surface area contributed by atoms with Gasteiger partial charge in [-0.3, -0.25) is 0 Å². The van der Waals surface area contributed by atoms with Crippen LogP contribution in [0.4, 0.5) is 0 Å². The molecule has 1 saturated carbocycles. The number of carbonyl (C=O) groups excluding carboxylic acids is 1. The Morgan fingerprint density at radius 1 is 1.36 bits per heavy atom. The lowest BCUT2D eigenvalue weighted by Gasteiger charge is -2.54. The number of esters is 1. The van der Waals surface area contributed by atoms with Gasteiger partial charge in [0.1, 0.15) is 17.5 Å². The van der Waals surface area contributed by atoms with Crippen molar-refractivity contribution in [1.82, 2.24) is 0 Å². The average Bonchev–Trinajstić information content (AvgIpc) is 3.00. The first-order valence-corrected chi connectivity index (χ1v) is 9.25. The van der Waals surface area contributed by atoms with Crippen LogP contribution in [0.2, 0.25) is 0 Å². The zero-order valence-corrected chi connectivity index (χ0v) is 15.7. The van der Waals surface area contributed by atoms with Crippen LogP contribution < -0.4 is 0 Å². The number of carbonyl (C=O) groups is 1. The highest BCUT2D eigenvalue weighted by Gasteiger charge is 2.61. The van der Waals surface area contributed by atoms with Gasteiger partial charge in [-0.15, -0.1) is 0 Å². The predicted molar refractivity (Wildman–Crippen MR) is 91.1 cm³/mol. The fourth-order valence-corrected chi connectivity index (χ4v) is 5.01. The molecule has 2 fully saturated rings. The van der Waals surface area contributed by atoms with Gasteiger partial charge in [0.2, 0.25) is 0 Å². The van der Waals surface area contributed by atoms with E-state index in [4.69, 9.17) is 13.9 Å². The molecule has 1 aliphatic heterocycles. The molecule has 138 valence electrons. The second-order valence-electron chi connectivity index (χ2n) is 8.93. The van der Waals surface area contributed by atoms with Crippen molar-refractivity contribution in [2.75, 3.05) is 0 Å². The summed E-state index contributed by atoms with van der Waals surface area (Å²) in [6, 6.07) is 0. The van der Waals surface area contributed by atoms with E-state index in [2.05, 4.69) is 6.92 Å². The van der Waals surface area contributed by atoms with E-state index in [0.717, 1.165) is 30.6 Å².